The summed E-state index contributed by atoms with van der Waals surface area (Å²) in [6.45, 7) is 8.99. The first-order valence-electron chi connectivity index (χ1n) is 14.1. The molecule has 40 heavy (non-hydrogen) atoms. The summed E-state index contributed by atoms with van der Waals surface area (Å²) < 4.78 is 18.5. The van der Waals surface area contributed by atoms with Crippen molar-refractivity contribution < 1.29 is 19.0 Å². The lowest BCUT2D eigenvalue weighted by Gasteiger charge is -2.44. The molecule has 0 radical (unpaired) electrons. The first-order valence-corrected chi connectivity index (χ1v) is 14.1. The number of anilines is 1. The van der Waals surface area contributed by atoms with Gasteiger partial charge in [0, 0.05) is 23.7 Å². The van der Waals surface area contributed by atoms with Crippen LogP contribution in [-0.4, -0.2) is 24.7 Å². The molecular formula is C35H35NO4. The number of hydrogen-bond acceptors (Lipinski definition) is 4. The Hall–Kier alpha value is -4.25. The number of rotatable bonds is 7. The summed E-state index contributed by atoms with van der Waals surface area (Å²) in [6, 6.07) is 32.3. The highest BCUT2D eigenvalue weighted by Gasteiger charge is 2.59. The number of amides is 1. The normalized spacial score (nSPS) is 18.8. The Labute approximate surface area is 236 Å². The highest BCUT2D eigenvalue weighted by Crippen LogP contribution is 2.59. The second-order valence-electron chi connectivity index (χ2n) is 11.0. The van der Waals surface area contributed by atoms with Crippen LogP contribution in [0.3, 0.4) is 0 Å². The molecule has 0 fully saturated rings. The van der Waals surface area contributed by atoms with Crippen molar-refractivity contribution in [1.29, 1.82) is 0 Å². The maximum atomic E-state index is 15.3. The summed E-state index contributed by atoms with van der Waals surface area (Å²) in [5.41, 5.74) is 3.29. The average molecular weight is 534 g/mol. The smallest absolute Gasteiger partial charge is 0.243 e. The number of fused-ring (bicyclic) bond motifs is 4. The van der Waals surface area contributed by atoms with Crippen LogP contribution in [0.1, 0.15) is 62.4 Å². The number of carbonyl (C=O) groups is 1. The summed E-state index contributed by atoms with van der Waals surface area (Å²) in [7, 11) is 0. The molecule has 0 aromatic heterocycles. The third-order valence-electron chi connectivity index (χ3n) is 7.88. The van der Waals surface area contributed by atoms with Gasteiger partial charge in [0.1, 0.15) is 16.8 Å². The molecule has 5 nitrogen and oxygen atoms in total. The maximum absolute atomic E-state index is 15.3. The molecule has 0 N–H and O–H groups in total. The van der Waals surface area contributed by atoms with E-state index in [4.69, 9.17) is 14.2 Å². The largest absolute Gasteiger partial charge is 0.490 e. The highest BCUT2D eigenvalue weighted by molar-refractivity contribution is 6.12. The van der Waals surface area contributed by atoms with E-state index in [1.807, 2.05) is 79.4 Å². The fraction of sp³-hybridized carbons (Fsp3) is 0.286. The van der Waals surface area contributed by atoms with Crippen LogP contribution < -0.4 is 19.1 Å². The highest BCUT2D eigenvalue weighted by atomic mass is 16.5. The van der Waals surface area contributed by atoms with E-state index in [1.165, 1.54) is 0 Å². The van der Waals surface area contributed by atoms with Gasteiger partial charge in [-0.2, -0.15) is 0 Å². The molecule has 204 valence electrons. The van der Waals surface area contributed by atoms with Gasteiger partial charge in [-0.1, -0.05) is 78.9 Å². The van der Waals surface area contributed by atoms with E-state index in [2.05, 4.69) is 50.2 Å². The zero-order chi connectivity index (χ0) is 27.9. The molecule has 2 heterocycles. The summed E-state index contributed by atoms with van der Waals surface area (Å²) in [5.74, 6) is 1.94. The van der Waals surface area contributed by atoms with Crippen LogP contribution >= 0.6 is 0 Å². The van der Waals surface area contributed by atoms with Gasteiger partial charge in [0.2, 0.25) is 5.91 Å². The predicted octanol–water partition coefficient (Wildman–Crippen LogP) is 7.47. The number of nitrogens with zero attached hydrogens (tertiary/aromatic N) is 1. The lowest BCUT2D eigenvalue weighted by atomic mass is 9.67. The Morgan fingerprint density at radius 2 is 1.32 bits per heavy atom. The zero-order valence-electron chi connectivity index (χ0n) is 23.5. The topological polar surface area (TPSA) is 48.0 Å². The van der Waals surface area contributed by atoms with Gasteiger partial charge in [0.15, 0.2) is 11.5 Å². The van der Waals surface area contributed by atoms with E-state index in [1.54, 1.807) is 0 Å². The predicted molar refractivity (Wildman–Crippen MR) is 158 cm³/mol. The molecule has 2 aliphatic rings. The molecule has 6 rings (SSSR count). The monoisotopic (exact) mass is 533 g/mol. The molecular weight excluding hydrogens is 498 g/mol. The van der Waals surface area contributed by atoms with E-state index in [0.717, 1.165) is 27.9 Å². The SMILES string of the molecule is CCOc1cc2c(cc1OCC)C1(CC(C)(C)O2)C(=O)N(C(c2ccccc2)c2ccccc2)c2ccccc21. The van der Waals surface area contributed by atoms with Gasteiger partial charge in [-0.15, -0.1) is 0 Å². The molecule has 0 bridgehead atoms. The van der Waals surface area contributed by atoms with E-state index >= 15 is 4.79 Å². The molecule has 0 aliphatic carbocycles. The second kappa shape index (κ2) is 10.1. The Morgan fingerprint density at radius 1 is 0.775 bits per heavy atom. The summed E-state index contributed by atoms with van der Waals surface area (Å²) in [5, 5.41) is 0. The van der Waals surface area contributed by atoms with Gasteiger partial charge < -0.3 is 14.2 Å². The molecule has 4 aromatic carbocycles. The van der Waals surface area contributed by atoms with Crippen molar-refractivity contribution in [3.63, 3.8) is 0 Å². The molecule has 1 spiro atoms. The Balaban J connectivity index is 1.62. The van der Waals surface area contributed by atoms with Crippen LogP contribution in [0.2, 0.25) is 0 Å². The fourth-order valence-electron chi connectivity index (χ4n) is 6.49. The van der Waals surface area contributed by atoms with Crippen molar-refractivity contribution in [3.05, 3.63) is 119 Å². The zero-order valence-corrected chi connectivity index (χ0v) is 23.5. The molecule has 0 saturated carbocycles. The van der Waals surface area contributed by atoms with Crippen LogP contribution in [0.15, 0.2) is 97.1 Å². The van der Waals surface area contributed by atoms with Crippen molar-refractivity contribution in [3.8, 4) is 17.2 Å². The summed E-state index contributed by atoms with van der Waals surface area (Å²) in [6.07, 6.45) is 0.495. The van der Waals surface area contributed by atoms with E-state index in [-0.39, 0.29) is 11.9 Å². The number of ether oxygens (including phenoxy) is 3. The van der Waals surface area contributed by atoms with Gasteiger partial charge in [-0.3, -0.25) is 9.69 Å². The van der Waals surface area contributed by atoms with E-state index < -0.39 is 11.0 Å². The first-order chi connectivity index (χ1) is 19.4. The van der Waals surface area contributed by atoms with E-state index in [0.29, 0.717) is 36.9 Å². The van der Waals surface area contributed by atoms with Crippen LogP contribution in [0.25, 0.3) is 0 Å². The molecule has 1 amide bonds. The van der Waals surface area contributed by atoms with Crippen molar-refractivity contribution in [2.45, 2.75) is 51.2 Å². The number of para-hydroxylation sites is 1. The average Bonchev–Trinajstić information content (AvgIpc) is 3.18. The van der Waals surface area contributed by atoms with Gasteiger partial charge in [0.25, 0.3) is 0 Å². The van der Waals surface area contributed by atoms with E-state index in [9.17, 15) is 0 Å². The Kier molecular flexibility index (Phi) is 6.53. The van der Waals surface area contributed by atoms with Crippen molar-refractivity contribution in [2.24, 2.45) is 0 Å². The standard InChI is InChI=1S/C35H35NO4/c1-5-38-30-21-27-29(22-31(30)39-6-2)40-34(3,4)23-35(27)26-19-13-14-20-28(26)36(33(35)37)32(24-15-9-7-10-16-24)25-17-11-8-12-18-25/h7-22,32H,5-6,23H2,1-4H3. The minimum absolute atomic E-state index is 0.0376. The molecule has 1 unspecified atom stereocenters. The van der Waals surface area contributed by atoms with Crippen molar-refractivity contribution >= 4 is 11.6 Å². The van der Waals surface area contributed by atoms with Gasteiger partial charge in [0.05, 0.1) is 19.3 Å². The molecule has 1 atom stereocenters. The van der Waals surface area contributed by atoms with Crippen LogP contribution in [0.5, 0.6) is 17.2 Å². The lowest BCUT2D eigenvalue weighted by Crippen LogP contribution is -2.51. The fourth-order valence-corrected chi connectivity index (χ4v) is 6.49. The van der Waals surface area contributed by atoms with Gasteiger partial charge in [-0.25, -0.2) is 0 Å². The van der Waals surface area contributed by atoms with Gasteiger partial charge >= 0.3 is 0 Å². The molecule has 4 aromatic rings. The maximum Gasteiger partial charge on any atom is 0.243 e. The molecule has 5 heteroatoms. The molecule has 0 saturated heterocycles. The molecule has 2 aliphatic heterocycles. The Morgan fingerprint density at radius 3 is 1.93 bits per heavy atom. The third-order valence-corrected chi connectivity index (χ3v) is 7.88. The lowest BCUT2D eigenvalue weighted by molar-refractivity contribution is -0.124. The van der Waals surface area contributed by atoms with Crippen LogP contribution in [0, 0.1) is 0 Å². The van der Waals surface area contributed by atoms with Gasteiger partial charge in [-0.05, 0) is 56.5 Å². The minimum Gasteiger partial charge on any atom is -0.490 e. The van der Waals surface area contributed by atoms with Crippen LogP contribution in [0.4, 0.5) is 5.69 Å². The third kappa shape index (κ3) is 4.12. The number of benzene rings is 4. The Bertz CT molecular complexity index is 1490. The second-order valence-corrected chi connectivity index (χ2v) is 11.0. The quantitative estimate of drug-likeness (QED) is 0.247. The summed E-state index contributed by atoms with van der Waals surface area (Å²) in [4.78, 5) is 17.3. The summed E-state index contributed by atoms with van der Waals surface area (Å²) >= 11 is 0. The first kappa shape index (κ1) is 26.0. The number of carbonyl (C=O) groups excluding carboxylic acids is 1. The number of hydrogen-bond donors (Lipinski definition) is 0. The van der Waals surface area contributed by atoms with Crippen LogP contribution in [-0.2, 0) is 10.2 Å². The van der Waals surface area contributed by atoms with Crippen molar-refractivity contribution in [2.75, 3.05) is 18.1 Å². The van der Waals surface area contributed by atoms with Crippen molar-refractivity contribution in [1.82, 2.24) is 0 Å². The minimum atomic E-state index is -0.952.